The van der Waals surface area contributed by atoms with Crippen molar-refractivity contribution in [2.24, 2.45) is 0 Å². The van der Waals surface area contributed by atoms with Gasteiger partial charge in [-0.1, -0.05) is 0 Å². The number of carbonyl (C=O) groups excluding carboxylic acids is 2. The van der Waals surface area contributed by atoms with Crippen LogP contribution in [0.4, 0.5) is 0 Å². The highest BCUT2D eigenvalue weighted by atomic mass is 16.1. The first-order chi connectivity index (χ1) is 6.11. The van der Waals surface area contributed by atoms with Gasteiger partial charge < -0.3 is 0 Å². The second-order valence-corrected chi connectivity index (χ2v) is 2.98. The second kappa shape index (κ2) is 3.47. The highest BCUT2D eigenvalue weighted by Crippen LogP contribution is 2.15. The number of hydrogen-bond acceptors (Lipinski definition) is 3. The molecule has 0 saturated carbocycles. The van der Waals surface area contributed by atoms with Crippen LogP contribution in [-0.4, -0.2) is 17.6 Å². The lowest BCUT2D eigenvalue weighted by molar-refractivity contribution is 0.110. The van der Waals surface area contributed by atoms with Crippen LogP contribution in [0.1, 0.15) is 37.7 Å². The Labute approximate surface area is 76.8 Å². The summed E-state index contributed by atoms with van der Waals surface area (Å²) in [5, 5.41) is 0. The molecule has 13 heavy (non-hydrogen) atoms. The molecule has 0 atom stereocenters. The minimum atomic E-state index is 0.417. The predicted molar refractivity (Wildman–Crippen MR) is 49.2 cm³/mol. The molecule has 0 spiro atoms. The van der Waals surface area contributed by atoms with Crippen molar-refractivity contribution < 1.29 is 9.59 Å². The zero-order valence-electron chi connectivity index (χ0n) is 7.92. The Hall–Kier alpha value is -1.51. The van der Waals surface area contributed by atoms with Gasteiger partial charge in [-0.15, -0.1) is 0 Å². The number of carbonyl (C=O) groups is 2. The van der Waals surface area contributed by atoms with Crippen molar-refractivity contribution in [3.8, 4) is 0 Å². The number of rotatable bonds is 2. The lowest BCUT2D eigenvalue weighted by Gasteiger charge is -2.07. The minimum absolute atomic E-state index is 0.417. The lowest BCUT2D eigenvalue weighted by Crippen LogP contribution is -2.03. The van der Waals surface area contributed by atoms with Gasteiger partial charge in [-0.25, -0.2) is 4.98 Å². The van der Waals surface area contributed by atoms with Gasteiger partial charge in [0.05, 0.1) is 0 Å². The van der Waals surface area contributed by atoms with Crippen LogP contribution in [0.25, 0.3) is 0 Å². The van der Waals surface area contributed by atoms with E-state index in [0.717, 1.165) is 17.4 Å². The van der Waals surface area contributed by atoms with Crippen molar-refractivity contribution in [1.29, 1.82) is 0 Å². The Morgan fingerprint density at radius 1 is 1.00 bits per heavy atom. The van der Waals surface area contributed by atoms with E-state index in [2.05, 4.69) is 4.98 Å². The molecule has 0 bridgehead atoms. The smallest absolute Gasteiger partial charge is 0.168 e. The van der Waals surface area contributed by atoms with Gasteiger partial charge in [-0.05, 0) is 31.9 Å². The summed E-state index contributed by atoms with van der Waals surface area (Å²) >= 11 is 0. The molecule has 1 heterocycles. The van der Waals surface area contributed by atoms with E-state index in [0.29, 0.717) is 23.2 Å². The summed E-state index contributed by atoms with van der Waals surface area (Å²) in [4.78, 5) is 25.3. The Kier molecular flexibility index (Phi) is 2.56. The van der Waals surface area contributed by atoms with Crippen LogP contribution >= 0.6 is 0 Å². The number of hydrogen-bond donors (Lipinski definition) is 0. The number of aryl methyl sites for hydroxylation is 1. The van der Waals surface area contributed by atoms with Crippen LogP contribution in [0.5, 0.6) is 0 Å². The third kappa shape index (κ3) is 1.49. The van der Waals surface area contributed by atoms with Gasteiger partial charge in [-0.3, -0.25) is 9.59 Å². The van der Waals surface area contributed by atoms with Gasteiger partial charge in [0.15, 0.2) is 12.6 Å². The molecule has 0 amide bonds. The largest absolute Gasteiger partial charge is 0.298 e. The maximum atomic E-state index is 10.7. The first-order valence-corrected chi connectivity index (χ1v) is 4.00. The van der Waals surface area contributed by atoms with Gasteiger partial charge >= 0.3 is 0 Å². The van der Waals surface area contributed by atoms with Gasteiger partial charge in [-0.2, -0.15) is 0 Å². The Balaban J connectivity index is 3.54. The molecule has 0 N–H and O–H groups in total. The van der Waals surface area contributed by atoms with Crippen molar-refractivity contribution >= 4 is 12.6 Å². The van der Waals surface area contributed by atoms with Crippen molar-refractivity contribution in [1.82, 2.24) is 4.98 Å². The quantitative estimate of drug-likeness (QED) is 0.645. The fourth-order valence-electron chi connectivity index (χ4n) is 1.28. The second-order valence-electron chi connectivity index (χ2n) is 2.98. The zero-order valence-corrected chi connectivity index (χ0v) is 7.92. The average Bonchev–Trinajstić information content (AvgIpc) is 2.12. The molecule has 0 aromatic carbocycles. The number of nitrogens with zero attached hydrogens (tertiary/aromatic N) is 1. The summed E-state index contributed by atoms with van der Waals surface area (Å²) in [5.74, 6) is 0. The molecule has 1 rings (SSSR count). The molecule has 0 aliphatic heterocycles. The minimum Gasteiger partial charge on any atom is -0.298 e. The van der Waals surface area contributed by atoms with E-state index >= 15 is 0 Å². The Bertz CT molecular complexity index is 370. The highest BCUT2D eigenvalue weighted by Gasteiger charge is 2.09. The number of aldehydes is 2. The molecule has 0 aliphatic carbocycles. The first kappa shape index (κ1) is 9.58. The molecule has 3 nitrogen and oxygen atoms in total. The molecule has 1 aromatic heterocycles. The van der Waals surface area contributed by atoms with Crippen LogP contribution < -0.4 is 0 Å². The van der Waals surface area contributed by atoms with Crippen molar-refractivity contribution in [2.45, 2.75) is 20.8 Å². The van der Waals surface area contributed by atoms with Crippen molar-refractivity contribution in [2.75, 3.05) is 0 Å². The van der Waals surface area contributed by atoms with Crippen molar-refractivity contribution in [3.63, 3.8) is 0 Å². The van der Waals surface area contributed by atoms with Crippen molar-refractivity contribution in [3.05, 3.63) is 28.1 Å². The third-order valence-electron chi connectivity index (χ3n) is 2.26. The first-order valence-electron chi connectivity index (χ1n) is 4.00. The number of aromatic nitrogens is 1. The van der Waals surface area contributed by atoms with Crippen LogP contribution in [0.2, 0.25) is 0 Å². The third-order valence-corrected chi connectivity index (χ3v) is 2.26. The maximum absolute atomic E-state index is 10.7. The fourth-order valence-corrected chi connectivity index (χ4v) is 1.28. The van der Waals surface area contributed by atoms with E-state index in [1.807, 2.05) is 6.92 Å². The topological polar surface area (TPSA) is 47.0 Å². The SMILES string of the molecule is Cc1nc(C=O)c(C)c(C)c1C=O. The molecule has 0 unspecified atom stereocenters. The van der Waals surface area contributed by atoms with Crippen LogP contribution in [0, 0.1) is 20.8 Å². The van der Waals surface area contributed by atoms with Gasteiger partial charge in [0, 0.05) is 11.3 Å². The van der Waals surface area contributed by atoms with Gasteiger partial charge in [0.25, 0.3) is 0 Å². The predicted octanol–water partition coefficient (Wildman–Crippen LogP) is 1.63. The average molecular weight is 177 g/mol. The van der Waals surface area contributed by atoms with E-state index in [-0.39, 0.29) is 0 Å². The van der Waals surface area contributed by atoms with E-state index in [1.54, 1.807) is 13.8 Å². The molecule has 0 aliphatic rings. The fraction of sp³-hybridized carbons (Fsp3) is 0.300. The summed E-state index contributed by atoms with van der Waals surface area (Å²) < 4.78 is 0. The summed E-state index contributed by atoms with van der Waals surface area (Å²) in [6.07, 6.45) is 1.49. The van der Waals surface area contributed by atoms with E-state index in [4.69, 9.17) is 0 Å². The molecule has 3 heteroatoms. The summed E-state index contributed by atoms with van der Waals surface area (Å²) in [6, 6.07) is 0. The van der Waals surface area contributed by atoms with E-state index < -0.39 is 0 Å². The van der Waals surface area contributed by atoms with Gasteiger partial charge in [0.1, 0.15) is 5.69 Å². The standard InChI is InChI=1S/C10H11NO2/c1-6-7(2)10(5-13)11-8(3)9(6)4-12/h4-5H,1-3H3. The lowest BCUT2D eigenvalue weighted by atomic mass is 10.0. The molecule has 0 saturated heterocycles. The van der Waals surface area contributed by atoms with E-state index in [9.17, 15) is 9.59 Å². The molecular formula is C10H11NO2. The molecule has 0 fully saturated rings. The maximum Gasteiger partial charge on any atom is 0.168 e. The van der Waals surface area contributed by atoms with Crippen LogP contribution in [-0.2, 0) is 0 Å². The van der Waals surface area contributed by atoms with Crippen LogP contribution in [0.3, 0.4) is 0 Å². The highest BCUT2D eigenvalue weighted by molar-refractivity contribution is 5.83. The number of pyridine rings is 1. The molecule has 1 aromatic rings. The van der Waals surface area contributed by atoms with Crippen LogP contribution in [0.15, 0.2) is 0 Å². The molecule has 0 radical (unpaired) electrons. The normalized spacial score (nSPS) is 9.77. The monoisotopic (exact) mass is 177 g/mol. The summed E-state index contributed by atoms with van der Waals surface area (Å²) in [5.41, 5.74) is 3.23. The zero-order chi connectivity index (χ0) is 10.0. The Morgan fingerprint density at radius 3 is 2.08 bits per heavy atom. The Morgan fingerprint density at radius 2 is 1.62 bits per heavy atom. The van der Waals surface area contributed by atoms with E-state index in [1.165, 1.54) is 0 Å². The summed E-state index contributed by atoms with van der Waals surface area (Å²) in [6.45, 7) is 5.34. The summed E-state index contributed by atoms with van der Waals surface area (Å²) in [7, 11) is 0. The van der Waals surface area contributed by atoms with Gasteiger partial charge in [0.2, 0.25) is 0 Å². The molecular weight excluding hydrogens is 166 g/mol. The molecule has 68 valence electrons.